The molecule has 0 aliphatic rings. The lowest BCUT2D eigenvalue weighted by atomic mass is 10.8. The molecule has 0 saturated carbocycles. The van der Waals surface area contributed by atoms with Gasteiger partial charge in [-0.1, -0.05) is 0 Å². The van der Waals surface area contributed by atoms with Gasteiger partial charge in [-0.2, -0.15) is 0 Å². The van der Waals surface area contributed by atoms with Crippen LogP contribution in [-0.2, 0) is 6.67 Å². The van der Waals surface area contributed by atoms with Gasteiger partial charge in [-0.05, 0) is 0 Å². The number of halogens is 1. The van der Waals surface area contributed by atoms with Crippen LogP contribution < -0.4 is 0 Å². The first-order valence-electron chi connectivity index (χ1n) is 1.80. The average Bonchev–Trinajstić information content (AvgIpc) is 2.14. The van der Waals surface area contributed by atoms with Crippen molar-refractivity contribution in [1.82, 2.24) is 4.98 Å². The zero-order valence-electron chi connectivity index (χ0n) is 3.52. The second-order valence-corrected chi connectivity index (χ2v) is 1.95. The highest BCUT2D eigenvalue weighted by Crippen LogP contribution is 2.03. The molecular formula is C4H3FNS. The van der Waals surface area contributed by atoms with Crippen molar-refractivity contribution in [3.05, 3.63) is 16.6 Å². The third-order valence-corrected chi connectivity index (χ3v) is 1.25. The highest BCUT2D eigenvalue weighted by molar-refractivity contribution is 7.09. The summed E-state index contributed by atoms with van der Waals surface area (Å²) in [6.45, 7) is -0.464. The SMILES string of the molecule is FCc1n[c]cs1. The molecule has 1 rings (SSSR count). The van der Waals surface area contributed by atoms with Crippen LogP contribution in [0, 0.1) is 6.20 Å². The van der Waals surface area contributed by atoms with E-state index in [1.807, 2.05) is 0 Å². The largest absolute Gasteiger partial charge is 0.243 e. The standard InChI is InChI=1S/C4H3FNS/c5-3-4-6-1-2-7-4/h2H,3H2. The van der Waals surface area contributed by atoms with E-state index in [1.54, 1.807) is 5.38 Å². The fraction of sp³-hybridized carbons (Fsp3) is 0.250. The minimum atomic E-state index is -0.464. The maximum Gasteiger partial charge on any atom is 0.141 e. The van der Waals surface area contributed by atoms with Gasteiger partial charge in [0.05, 0.1) is 0 Å². The normalized spacial score (nSPS) is 9.29. The Morgan fingerprint density at radius 1 is 2.00 bits per heavy atom. The lowest BCUT2D eigenvalue weighted by Crippen LogP contribution is -1.69. The fourth-order valence-electron chi connectivity index (χ4n) is 0.280. The van der Waals surface area contributed by atoms with Crippen molar-refractivity contribution < 1.29 is 4.39 Å². The second-order valence-electron chi connectivity index (χ2n) is 1.00. The molecule has 3 heteroatoms. The highest BCUT2D eigenvalue weighted by Gasteiger charge is 1.88. The van der Waals surface area contributed by atoms with Crippen molar-refractivity contribution in [3.63, 3.8) is 0 Å². The van der Waals surface area contributed by atoms with E-state index in [0.717, 1.165) is 0 Å². The molecule has 0 bridgehead atoms. The van der Waals surface area contributed by atoms with Crippen molar-refractivity contribution in [2.24, 2.45) is 0 Å². The Kier molecular flexibility index (Phi) is 1.36. The molecule has 1 radical (unpaired) electrons. The van der Waals surface area contributed by atoms with Gasteiger partial charge in [-0.15, -0.1) is 11.3 Å². The van der Waals surface area contributed by atoms with Crippen LogP contribution in [0.4, 0.5) is 4.39 Å². The molecule has 1 aromatic heterocycles. The molecule has 1 nitrogen and oxygen atoms in total. The Hall–Kier alpha value is -0.440. The summed E-state index contributed by atoms with van der Waals surface area (Å²) in [4.78, 5) is 3.55. The maximum absolute atomic E-state index is 11.5. The zero-order valence-corrected chi connectivity index (χ0v) is 4.33. The van der Waals surface area contributed by atoms with Crippen LogP contribution in [0.1, 0.15) is 5.01 Å². The summed E-state index contributed by atoms with van der Waals surface area (Å²) in [5.41, 5.74) is 0. The third kappa shape index (κ3) is 0.962. The van der Waals surface area contributed by atoms with Crippen LogP contribution in [-0.4, -0.2) is 4.98 Å². The van der Waals surface area contributed by atoms with Gasteiger partial charge >= 0.3 is 0 Å². The number of aromatic nitrogens is 1. The summed E-state index contributed by atoms with van der Waals surface area (Å²) in [5, 5.41) is 2.13. The summed E-state index contributed by atoms with van der Waals surface area (Å²) in [6.07, 6.45) is 2.51. The van der Waals surface area contributed by atoms with Crippen molar-refractivity contribution in [2.75, 3.05) is 0 Å². The van der Waals surface area contributed by atoms with E-state index in [-0.39, 0.29) is 0 Å². The molecule has 0 aliphatic carbocycles. The van der Waals surface area contributed by atoms with Crippen LogP contribution >= 0.6 is 11.3 Å². The Bertz CT molecular complexity index is 126. The molecule has 0 aliphatic heterocycles. The van der Waals surface area contributed by atoms with E-state index in [0.29, 0.717) is 5.01 Å². The van der Waals surface area contributed by atoms with Crippen LogP contribution in [0.3, 0.4) is 0 Å². The van der Waals surface area contributed by atoms with E-state index in [1.165, 1.54) is 11.3 Å². The number of thiazole rings is 1. The molecule has 0 atom stereocenters. The predicted octanol–water partition coefficient (Wildman–Crippen LogP) is 1.41. The predicted molar refractivity (Wildman–Crippen MR) is 25.8 cm³/mol. The zero-order chi connectivity index (χ0) is 5.11. The summed E-state index contributed by atoms with van der Waals surface area (Å²) >= 11 is 1.28. The Labute approximate surface area is 44.8 Å². The van der Waals surface area contributed by atoms with Gasteiger partial charge in [0, 0.05) is 5.38 Å². The van der Waals surface area contributed by atoms with Crippen molar-refractivity contribution >= 4 is 11.3 Å². The fourth-order valence-corrected chi connectivity index (χ4v) is 0.690. The molecule has 0 spiro atoms. The second kappa shape index (κ2) is 2.02. The van der Waals surface area contributed by atoms with Gasteiger partial charge in [-0.25, -0.2) is 9.37 Å². The van der Waals surface area contributed by atoms with Gasteiger partial charge in [0.2, 0.25) is 0 Å². The monoisotopic (exact) mass is 116 g/mol. The Balaban J connectivity index is 2.76. The lowest BCUT2D eigenvalue weighted by Gasteiger charge is -1.73. The van der Waals surface area contributed by atoms with Crippen LogP contribution in [0.5, 0.6) is 0 Å². The summed E-state index contributed by atoms with van der Waals surface area (Å²) < 4.78 is 11.5. The van der Waals surface area contributed by atoms with Crippen LogP contribution in [0.2, 0.25) is 0 Å². The Morgan fingerprint density at radius 3 is 3.14 bits per heavy atom. The number of hydrogen-bond acceptors (Lipinski definition) is 2. The van der Waals surface area contributed by atoms with Gasteiger partial charge in [0.25, 0.3) is 0 Å². The van der Waals surface area contributed by atoms with Crippen LogP contribution in [0.25, 0.3) is 0 Å². The number of nitrogens with zero attached hydrogens (tertiary/aromatic N) is 1. The van der Waals surface area contributed by atoms with Gasteiger partial charge in [0.1, 0.15) is 17.9 Å². The quantitative estimate of drug-likeness (QED) is 0.540. The molecule has 0 saturated heterocycles. The highest BCUT2D eigenvalue weighted by atomic mass is 32.1. The number of rotatable bonds is 1. The molecule has 0 aromatic carbocycles. The molecule has 1 heterocycles. The molecule has 0 amide bonds. The maximum atomic E-state index is 11.5. The number of alkyl halides is 1. The Morgan fingerprint density at radius 2 is 2.86 bits per heavy atom. The molecule has 37 valence electrons. The molecule has 0 N–H and O–H groups in total. The summed E-state index contributed by atoms with van der Waals surface area (Å²) in [7, 11) is 0. The van der Waals surface area contributed by atoms with Gasteiger partial charge < -0.3 is 0 Å². The molecular weight excluding hydrogens is 113 g/mol. The van der Waals surface area contributed by atoms with E-state index < -0.39 is 6.67 Å². The average molecular weight is 116 g/mol. The van der Waals surface area contributed by atoms with E-state index in [9.17, 15) is 4.39 Å². The minimum absolute atomic E-state index is 0.464. The summed E-state index contributed by atoms with van der Waals surface area (Å²) in [5.74, 6) is 0. The third-order valence-electron chi connectivity index (χ3n) is 0.551. The van der Waals surface area contributed by atoms with E-state index in [2.05, 4.69) is 11.2 Å². The smallest absolute Gasteiger partial charge is 0.141 e. The lowest BCUT2D eigenvalue weighted by molar-refractivity contribution is 0.483. The molecule has 1 aromatic rings. The first-order valence-corrected chi connectivity index (χ1v) is 2.68. The van der Waals surface area contributed by atoms with Crippen molar-refractivity contribution in [2.45, 2.75) is 6.67 Å². The molecule has 0 fully saturated rings. The first-order chi connectivity index (χ1) is 3.43. The van der Waals surface area contributed by atoms with E-state index >= 15 is 0 Å². The summed E-state index contributed by atoms with van der Waals surface area (Å²) in [6, 6.07) is 0. The first kappa shape index (κ1) is 4.71. The van der Waals surface area contributed by atoms with Gasteiger partial charge in [-0.3, -0.25) is 0 Å². The van der Waals surface area contributed by atoms with Crippen LogP contribution in [0.15, 0.2) is 5.38 Å². The van der Waals surface area contributed by atoms with Gasteiger partial charge in [0.15, 0.2) is 0 Å². The number of hydrogen-bond donors (Lipinski definition) is 0. The minimum Gasteiger partial charge on any atom is -0.243 e. The van der Waals surface area contributed by atoms with Crippen molar-refractivity contribution in [3.8, 4) is 0 Å². The topological polar surface area (TPSA) is 12.9 Å². The van der Waals surface area contributed by atoms with E-state index in [4.69, 9.17) is 0 Å². The van der Waals surface area contributed by atoms with Crippen molar-refractivity contribution in [1.29, 1.82) is 0 Å². The molecule has 7 heavy (non-hydrogen) atoms. The molecule has 0 unspecified atom stereocenters.